The number of rotatable bonds is 5. The van der Waals surface area contributed by atoms with Crippen molar-refractivity contribution < 1.29 is 14.3 Å². The quantitative estimate of drug-likeness (QED) is 0.544. The summed E-state index contributed by atoms with van der Waals surface area (Å²) in [6.45, 7) is 3.22. The molecular weight excluding hydrogens is 432 g/mol. The van der Waals surface area contributed by atoms with Crippen molar-refractivity contribution in [2.24, 2.45) is 0 Å². The van der Waals surface area contributed by atoms with Gasteiger partial charge in [-0.3, -0.25) is 14.5 Å². The zero-order valence-corrected chi connectivity index (χ0v) is 18.7. The van der Waals surface area contributed by atoms with Crippen molar-refractivity contribution in [1.82, 2.24) is 0 Å². The van der Waals surface area contributed by atoms with Crippen LogP contribution in [0.5, 0.6) is 5.75 Å². The van der Waals surface area contributed by atoms with Crippen LogP contribution in [-0.2, 0) is 9.59 Å². The number of nitrogens with one attached hydrogen (secondary N) is 1. The van der Waals surface area contributed by atoms with E-state index < -0.39 is 5.60 Å². The normalized spacial score (nSPS) is 14.5. The maximum absolute atomic E-state index is 13.0. The van der Waals surface area contributed by atoms with E-state index in [-0.39, 0.29) is 18.4 Å². The SMILES string of the molecule is CC1(C)Oc2ccc(Cl)cc2N(CC(=O)Nc2ccccc2Sc2ccccc2)C1=O. The Morgan fingerprint density at radius 2 is 1.77 bits per heavy atom. The van der Waals surface area contributed by atoms with E-state index in [1.807, 2.05) is 54.6 Å². The summed E-state index contributed by atoms with van der Waals surface area (Å²) in [5.74, 6) is -0.0933. The van der Waals surface area contributed by atoms with E-state index >= 15 is 0 Å². The highest BCUT2D eigenvalue weighted by Gasteiger charge is 2.41. The first-order valence-corrected chi connectivity index (χ1v) is 11.0. The number of halogens is 1. The van der Waals surface area contributed by atoms with Crippen molar-refractivity contribution in [3.8, 4) is 5.75 Å². The Balaban J connectivity index is 1.56. The summed E-state index contributed by atoms with van der Waals surface area (Å²) >= 11 is 7.69. The van der Waals surface area contributed by atoms with Gasteiger partial charge >= 0.3 is 0 Å². The van der Waals surface area contributed by atoms with Gasteiger partial charge in [0.15, 0.2) is 5.60 Å². The number of fused-ring (bicyclic) bond motifs is 1. The molecule has 158 valence electrons. The average Bonchev–Trinajstić information content (AvgIpc) is 2.74. The molecule has 7 heteroatoms. The summed E-state index contributed by atoms with van der Waals surface area (Å²) in [6.07, 6.45) is 0. The first kappa shape index (κ1) is 21.3. The Kier molecular flexibility index (Phi) is 5.94. The lowest BCUT2D eigenvalue weighted by Gasteiger charge is -2.38. The third kappa shape index (κ3) is 4.70. The summed E-state index contributed by atoms with van der Waals surface area (Å²) in [4.78, 5) is 29.3. The zero-order valence-electron chi connectivity index (χ0n) is 17.1. The molecule has 0 spiro atoms. The molecule has 0 aromatic heterocycles. The van der Waals surface area contributed by atoms with Crippen LogP contribution in [-0.4, -0.2) is 24.0 Å². The largest absolute Gasteiger partial charge is 0.476 e. The number of para-hydroxylation sites is 1. The third-order valence-corrected chi connectivity index (χ3v) is 6.09. The summed E-state index contributed by atoms with van der Waals surface area (Å²) in [5, 5.41) is 3.41. The van der Waals surface area contributed by atoms with Crippen molar-refractivity contribution in [3.05, 3.63) is 77.8 Å². The van der Waals surface area contributed by atoms with Crippen molar-refractivity contribution in [1.29, 1.82) is 0 Å². The average molecular weight is 453 g/mol. The van der Waals surface area contributed by atoms with Gasteiger partial charge in [-0.1, -0.05) is 53.7 Å². The van der Waals surface area contributed by atoms with Crippen LogP contribution >= 0.6 is 23.4 Å². The molecule has 0 bridgehead atoms. The molecule has 0 fully saturated rings. The second-order valence-corrected chi connectivity index (χ2v) is 9.13. The number of anilines is 2. The number of ether oxygens (including phenoxy) is 1. The Hall–Kier alpha value is -2.96. The molecule has 1 heterocycles. The highest BCUT2D eigenvalue weighted by atomic mass is 35.5. The van der Waals surface area contributed by atoms with Gasteiger partial charge in [0.25, 0.3) is 5.91 Å². The monoisotopic (exact) mass is 452 g/mol. The van der Waals surface area contributed by atoms with E-state index in [4.69, 9.17) is 16.3 Å². The van der Waals surface area contributed by atoms with Gasteiger partial charge in [-0.2, -0.15) is 0 Å². The predicted molar refractivity (Wildman–Crippen MR) is 124 cm³/mol. The van der Waals surface area contributed by atoms with Crippen LogP contribution in [0.4, 0.5) is 11.4 Å². The number of hydrogen-bond acceptors (Lipinski definition) is 4. The number of amides is 2. The van der Waals surface area contributed by atoms with Crippen LogP contribution in [0.1, 0.15) is 13.8 Å². The van der Waals surface area contributed by atoms with Gasteiger partial charge in [-0.05, 0) is 56.3 Å². The molecule has 0 aliphatic carbocycles. The minimum atomic E-state index is -1.08. The number of carbonyl (C=O) groups excluding carboxylic acids is 2. The highest BCUT2D eigenvalue weighted by Crippen LogP contribution is 2.39. The molecular formula is C24H21ClN2O3S. The van der Waals surface area contributed by atoms with Crippen LogP contribution in [0.2, 0.25) is 5.02 Å². The number of nitrogens with zero attached hydrogens (tertiary/aromatic N) is 1. The van der Waals surface area contributed by atoms with Crippen molar-refractivity contribution in [2.75, 3.05) is 16.8 Å². The summed E-state index contributed by atoms with van der Waals surface area (Å²) in [7, 11) is 0. The Morgan fingerprint density at radius 3 is 2.55 bits per heavy atom. The molecule has 3 aromatic rings. The lowest BCUT2D eigenvalue weighted by atomic mass is 10.0. The summed E-state index contributed by atoms with van der Waals surface area (Å²) in [5.41, 5.74) is 0.0916. The molecule has 5 nitrogen and oxygen atoms in total. The molecule has 3 aromatic carbocycles. The van der Waals surface area contributed by atoms with Gasteiger partial charge in [0.2, 0.25) is 5.91 Å². The lowest BCUT2D eigenvalue weighted by Crippen LogP contribution is -2.54. The molecule has 4 rings (SSSR count). The molecule has 1 aliphatic rings. The Labute approximate surface area is 190 Å². The van der Waals surface area contributed by atoms with Gasteiger partial charge in [0.1, 0.15) is 12.3 Å². The van der Waals surface area contributed by atoms with E-state index in [1.165, 1.54) is 4.90 Å². The molecule has 0 saturated heterocycles. The molecule has 2 amide bonds. The van der Waals surface area contributed by atoms with Gasteiger partial charge in [0.05, 0.1) is 11.4 Å². The standard InChI is InChI=1S/C24H21ClN2O3S/c1-24(2)23(29)27(19-14-16(25)12-13-20(19)30-24)15-22(28)26-18-10-6-7-11-21(18)31-17-8-4-3-5-9-17/h3-14H,15H2,1-2H3,(H,26,28). The van der Waals surface area contributed by atoms with E-state index in [0.29, 0.717) is 22.1 Å². The minimum absolute atomic E-state index is 0.150. The van der Waals surface area contributed by atoms with Crippen LogP contribution in [0, 0.1) is 0 Å². The summed E-state index contributed by atoms with van der Waals surface area (Å²) < 4.78 is 5.82. The van der Waals surface area contributed by atoms with Crippen LogP contribution < -0.4 is 15.0 Å². The zero-order chi connectivity index (χ0) is 22.0. The van der Waals surface area contributed by atoms with Gasteiger partial charge in [-0.25, -0.2) is 0 Å². The van der Waals surface area contributed by atoms with Gasteiger partial charge in [-0.15, -0.1) is 0 Å². The number of hydrogen-bond donors (Lipinski definition) is 1. The molecule has 1 N–H and O–H groups in total. The second-order valence-electron chi connectivity index (χ2n) is 7.58. The molecule has 1 aliphatic heterocycles. The van der Waals surface area contributed by atoms with E-state index in [0.717, 1.165) is 9.79 Å². The fourth-order valence-corrected chi connectivity index (χ4v) is 4.39. The molecule has 31 heavy (non-hydrogen) atoms. The molecule has 0 saturated carbocycles. The number of carbonyl (C=O) groups is 2. The Bertz CT molecular complexity index is 1130. The first-order valence-electron chi connectivity index (χ1n) is 9.76. The van der Waals surface area contributed by atoms with Crippen LogP contribution in [0.25, 0.3) is 0 Å². The number of benzene rings is 3. The molecule has 0 atom stereocenters. The first-order chi connectivity index (χ1) is 14.8. The maximum Gasteiger partial charge on any atom is 0.271 e. The highest BCUT2D eigenvalue weighted by molar-refractivity contribution is 7.99. The van der Waals surface area contributed by atoms with E-state index in [2.05, 4.69) is 5.32 Å². The second kappa shape index (κ2) is 8.65. The van der Waals surface area contributed by atoms with E-state index in [1.54, 1.807) is 43.8 Å². The topological polar surface area (TPSA) is 58.6 Å². The van der Waals surface area contributed by atoms with Gasteiger partial charge in [0, 0.05) is 14.8 Å². The fraction of sp³-hybridized carbons (Fsp3) is 0.167. The summed E-state index contributed by atoms with van der Waals surface area (Å²) in [6, 6.07) is 22.6. The molecule has 0 radical (unpaired) electrons. The van der Waals surface area contributed by atoms with Crippen molar-refractivity contribution >= 4 is 46.6 Å². The lowest BCUT2D eigenvalue weighted by molar-refractivity contribution is -0.133. The maximum atomic E-state index is 13.0. The third-order valence-electron chi connectivity index (χ3n) is 4.77. The Morgan fingerprint density at radius 1 is 1.06 bits per heavy atom. The van der Waals surface area contributed by atoms with Crippen molar-refractivity contribution in [2.45, 2.75) is 29.2 Å². The minimum Gasteiger partial charge on any atom is -0.476 e. The van der Waals surface area contributed by atoms with E-state index in [9.17, 15) is 9.59 Å². The smallest absolute Gasteiger partial charge is 0.271 e. The van der Waals surface area contributed by atoms with Crippen LogP contribution in [0.15, 0.2) is 82.6 Å². The van der Waals surface area contributed by atoms with Gasteiger partial charge < -0.3 is 10.1 Å². The van der Waals surface area contributed by atoms with Crippen LogP contribution in [0.3, 0.4) is 0 Å². The fourth-order valence-electron chi connectivity index (χ4n) is 3.31. The molecule has 0 unspecified atom stereocenters. The van der Waals surface area contributed by atoms with Crippen molar-refractivity contribution in [3.63, 3.8) is 0 Å². The predicted octanol–water partition coefficient (Wildman–Crippen LogP) is 5.63.